The summed E-state index contributed by atoms with van der Waals surface area (Å²) in [6, 6.07) is 9.22. The zero-order chi connectivity index (χ0) is 25.1. The van der Waals surface area contributed by atoms with E-state index in [0.29, 0.717) is 16.9 Å². The van der Waals surface area contributed by atoms with E-state index in [1.807, 2.05) is 6.07 Å². The largest absolute Gasteiger partial charge is 0.494 e. The molecule has 0 aliphatic heterocycles. The minimum absolute atomic E-state index is 0.0159. The lowest BCUT2D eigenvalue weighted by atomic mass is 10.2. The lowest BCUT2D eigenvalue weighted by Crippen LogP contribution is -2.27. The van der Waals surface area contributed by atoms with E-state index in [9.17, 15) is 19.2 Å². The molecule has 0 radical (unpaired) electrons. The molecule has 11 nitrogen and oxygen atoms in total. The van der Waals surface area contributed by atoms with Crippen LogP contribution in [-0.4, -0.2) is 52.6 Å². The van der Waals surface area contributed by atoms with Crippen molar-refractivity contribution in [1.82, 2.24) is 19.4 Å². The highest BCUT2D eigenvalue weighted by molar-refractivity contribution is 6.04. The minimum Gasteiger partial charge on any atom is -0.494 e. The fraction of sp³-hybridized carbons (Fsp3) is 0.130. The molecule has 0 fully saturated rings. The van der Waals surface area contributed by atoms with E-state index in [4.69, 9.17) is 4.74 Å². The molecular formula is C23H18FN7O4. The van der Waals surface area contributed by atoms with Gasteiger partial charge < -0.3 is 14.4 Å². The third kappa shape index (κ3) is 4.42. The number of carbonyl (C=O) groups is 2. The van der Waals surface area contributed by atoms with Crippen LogP contribution in [0.1, 0.15) is 16.2 Å². The van der Waals surface area contributed by atoms with Crippen molar-refractivity contribution < 1.29 is 23.5 Å². The third-order valence-electron chi connectivity index (χ3n) is 5.12. The Morgan fingerprint density at radius 1 is 1.17 bits per heavy atom. The Balaban J connectivity index is 1.73. The van der Waals surface area contributed by atoms with Gasteiger partial charge in [-0.3, -0.25) is 14.5 Å². The second-order valence-electron chi connectivity index (χ2n) is 7.16. The first-order valence-electron chi connectivity index (χ1n) is 10.1. The molecule has 2 amide bonds. The van der Waals surface area contributed by atoms with Crippen molar-refractivity contribution in [2.24, 2.45) is 0 Å². The van der Waals surface area contributed by atoms with E-state index >= 15 is 0 Å². The van der Waals surface area contributed by atoms with E-state index in [0.717, 1.165) is 0 Å². The molecule has 0 bridgehead atoms. The molecule has 12 heteroatoms. The average molecular weight is 475 g/mol. The van der Waals surface area contributed by atoms with Gasteiger partial charge in [0.2, 0.25) is 0 Å². The first-order chi connectivity index (χ1) is 16.9. The number of nitriles is 1. The summed E-state index contributed by atoms with van der Waals surface area (Å²) in [5.74, 6) is -0.834. The van der Waals surface area contributed by atoms with Crippen molar-refractivity contribution >= 4 is 29.2 Å². The van der Waals surface area contributed by atoms with Crippen molar-refractivity contribution in [3.05, 3.63) is 66.1 Å². The Labute approximate surface area is 198 Å². The normalized spacial score (nSPS) is 10.5. The van der Waals surface area contributed by atoms with Gasteiger partial charge in [0.05, 0.1) is 26.1 Å². The number of hydrogen-bond donors (Lipinski definition) is 1. The van der Waals surface area contributed by atoms with Crippen LogP contribution in [-0.2, 0) is 4.74 Å². The van der Waals surface area contributed by atoms with E-state index in [1.54, 1.807) is 16.5 Å². The Morgan fingerprint density at radius 2 is 1.97 bits per heavy atom. The number of amides is 2. The average Bonchev–Trinajstić information content (AvgIpc) is 3.32. The second-order valence-corrected chi connectivity index (χ2v) is 7.16. The Hall–Kier alpha value is -5.05. The lowest BCUT2D eigenvalue weighted by molar-refractivity contribution is 0.0987. The molecule has 1 aromatic carbocycles. The molecule has 1 N–H and O–H groups in total. The molecule has 4 rings (SSSR count). The summed E-state index contributed by atoms with van der Waals surface area (Å²) in [7, 11) is 4.07. The lowest BCUT2D eigenvalue weighted by Gasteiger charge is -2.18. The molecular weight excluding hydrogens is 457 g/mol. The predicted octanol–water partition coefficient (Wildman–Crippen LogP) is 3.27. The van der Waals surface area contributed by atoms with Gasteiger partial charge in [-0.2, -0.15) is 5.26 Å². The van der Waals surface area contributed by atoms with Gasteiger partial charge in [0, 0.05) is 36.8 Å². The Bertz CT molecular complexity index is 1480. The standard InChI is InChI=1S/C23H18FN7O4/c1-30(14-5-6-15(24)19(8-14)34-2)22(32)17-12-31-18(11-27-21(31)16(9-25)28-17)13-4-7-20(26-10-13)29-23(33)35-3/h4-8,10-12H,1-3H3,(H,26,29,33). The summed E-state index contributed by atoms with van der Waals surface area (Å²) in [6.07, 6.45) is 3.82. The van der Waals surface area contributed by atoms with Crippen LogP contribution in [0.5, 0.6) is 5.75 Å². The van der Waals surface area contributed by atoms with E-state index in [-0.39, 0.29) is 28.6 Å². The maximum atomic E-state index is 13.8. The molecule has 3 heterocycles. The molecule has 176 valence electrons. The van der Waals surface area contributed by atoms with Crippen molar-refractivity contribution in [2.75, 3.05) is 31.5 Å². The molecule has 0 spiro atoms. The molecule has 35 heavy (non-hydrogen) atoms. The highest BCUT2D eigenvalue weighted by Crippen LogP contribution is 2.26. The molecule has 0 aliphatic carbocycles. The molecule has 0 aliphatic rings. The number of pyridine rings is 1. The number of nitrogens with one attached hydrogen (secondary N) is 1. The number of nitrogens with zero attached hydrogens (tertiary/aromatic N) is 6. The number of methoxy groups -OCH3 is 2. The van der Waals surface area contributed by atoms with E-state index in [2.05, 4.69) is 25.0 Å². The van der Waals surface area contributed by atoms with Gasteiger partial charge in [0.15, 0.2) is 22.9 Å². The summed E-state index contributed by atoms with van der Waals surface area (Å²) >= 11 is 0. The number of aromatic nitrogens is 4. The van der Waals surface area contributed by atoms with Crippen LogP contribution in [0.3, 0.4) is 0 Å². The minimum atomic E-state index is -0.657. The zero-order valence-corrected chi connectivity index (χ0v) is 18.8. The number of anilines is 2. The van der Waals surface area contributed by atoms with E-state index < -0.39 is 17.8 Å². The first kappa shape index (κ1) is 23.1. The highest BCUT2D eigenvalue weighted by atomic mass is 19.1. The topological polar surface area (TPSA) is 135 Å². The van der Waals surface area contributed by atoms with Gasteiger partial charge in [-0.1, -0.05) is 0 Å². The van der Waals surface area contributed by atoms with Crippen LogP contribution >= 0.6 is 0 Å². The number of hydrogen-bond acceptors (Lipinski definition) is 8. The zero-order valence-electron chi connectivity index (χ0n) is 18.8. The van der Waals surface area contributed by atoms with Crippen molar-refractivity contribution in [3.63, 3.8) is 0 Å². The van der Waals surface area contributed by atoms with Gasteiger partial charge in [-0.15, -0.1) is 0 Å². The quantitative estimate of drug-likeness (QED) is 0.465. The number of halogens is 1. The monoisotopic (exact) mass is 475 g/mol. The van der Waals surface area contributed by atoms with Gasteiger partial charge in [-0.05, 0) is 24.3 Å². The van der Waals surface area contributed by atoms with Crippen LogP contribution in [0.2, 0.25) is 0 Å². The van der Waals surface area contributed by atoms with Crippen molar-refractivity contribution in [3.8, 4) is 23.1 Å². The Morgan fingerprint density at radius 3 is 2.63 bits per heavy atom. The molecule has 3 aromatic heterocycles. The molecule has 0 saturated carbocycles. The fourth-order valence-corrected chi connectivity index (χ4v) is 3.30. The molecule has 0 unspecified atom stereocenters. The summed E-state index contributed by atoms with van der Waals surface area (Å²) in [5, 5.41) is 12.1. The van der Waals surface area contributed by atoms with Gasteiger partial charge >= 0.3 is 6.09 Å². The SMILES string of the molecule is COC(=O)Nc1ccc(-c2cnc3c(C#N)nc(C(=O)N(C)c4ccc(F)c(OC)c4)cn23)cn1. The number of benzene rings is 1. The molecule has 4 aromatic rings. The number of imidazole rings is 1. The summed E-state index contributed by atoms with van der Waals surface area (Å²) < 4.78 is 24.9. The van der Waals surface area contributed by atoms with Gasteiger partial charge in [-0.25, -0.2) is 24.1 Å². The van der Waals surface area contributed by atoms with E-state index in [1.165, 1.54) is 63.0 Å². The van der Waals surface area contributed by atoms with Crippen LogP contribution < -0.4 is 15.0 Å². The van der Waals surface area contributed by atoms with Crippen LogP contribution in [0.25, 0.3) is 16.9 Å². The molecule has 0 saturated heterocycles. The molecule has 0 atom stereocenters. The number of ether oxygens (including phenoxy) is 2. The fourth-order valence-electron chi connectivity index (χ4n) is 3.30. The highest BCUT2D eigenvalue weighted by Gasteiger charge is 2.21. The number of carbonyl (C=O) groups excluding carboxylic acids is 2. The van der Waals surface area contributed by atoms with Crippen molar-refractivity contribution in [1.29, 1.82) is 5.26 Å². The van der Waals surface area contributed by atoms with Gasteiger partial charge in [0.25, 0.3) is 5.91 Å². The Kier molecular flexibility index (Phi) is 6.23. The van der Waals surface area contributed by atoms with Crippen LogP contribution in [0.4, 0.5) is 20.7 Å². The third-order valence-corrected chi connectivity index (χ3v) is 5.12. The summed E-state index contributed by atoms with van der Waals surface area (Å²) in [5.41, 5.74) is 1.69. The maximum Gasteiger partial charge on any atom is 0.412 e. The first-order valence-corrected chi connectivity index (χ1v) is 10.1. The van der Waals surface area contributed by atoms with Crippen LogP contribution in [0.15, 0.2) is 48.9 Å². The predicted molar refractivity (Wildman–Crippen MR) is 123 cm³/mol. The number of rotatable bonds is 5. The van der Waals surface area contributed by atoms with Gasteiger partial charge in [0.1, 0.15) is 17.6 Å². The second kappa shape index (κ2) is 9.44. The summed E-state index contributed by atoms with van der Waals surface area (Å²) in [4.78, 5) is 38.4. The number of fused-ring (bicyclic) bond motifs is 1. The maximum absolute atomic E-state index is 13.8. The van der Waals surface area contributed by atoms with Crippen molar-refractivity contribution in [2.45, 2.75) is 0 Å². The smallest absolute Gasteiger partial charge is 0.412 e. The van der Waals surface area contributed by atoms with Crippen LogP contribution in [0, 0.1) is 17.1 Å². The summed E-state index contributed by atoms with van der Waals surface area (Å²) in [6.45, 7) is 0.